The van der Waals surface area contributed by atoms with Crippen molar-refractivity contribution in [1.82, 2.24) is 0 Å². The minimum atomic E-state index is -0.898. The average Bonchev–Trinajstić information content (AvgIpc) is 2.61. The molecule has 0 aliphatic carbocycles. The summed E-state index contributed by atoms with van der Waals surface area (Å²) in [5.41, 5.74) is -0.229. The molecule has 0 saturated carbocycles. The van der Waals surface area contributed by atoms with Gasteiger partial charge in [0.15, 0.2) is 11.5 Å². The van der Waals surface area contributed by atoms with Crippen LogP contribution in [0.1, 0.15) is 20.7 Å². The highest BCUT2D eigenvalue weighted by Gasteiger charge is 2.17. The Morgan fingerprint density at radius 1 is 0.571 bits per heavy atom. The van der Waals surface area contributed by atoms with Crippen molar-refractivity contribution in [3.8, 4) is 34.5 Å². The predicted octanol–water partition coefficient (Wildman–Crippen LogP) is 2.95. The lowest BCUT2D eigenvalue weighted by Crippen LogP contribution is -2.12. The highest BCUT2D eigenvalue weighted by Crippen LogP contribution is 2.30. The first-order chi connectivity index (χ1) is 13.3. The van der Waals surface area contributed by atoms with Gasteiger partial charge in [-0.2, -0.15) is 0 Å². The molecule has 0 amide bonds. The third-order valence-corrected chi connectivity index (χ3v) is 3.53. The van der Waals surface area contributed by atoms with Crippen LogP contribution in [-0.4, -0.2) is 32.4 Å². The zero-order valence-corrected chi connectivity index (χ0v) is 14.2. The molecule has 8 heteroatoms. The van der Waals surface area contributed by atoms with Gasteiger partial charge in [-0.1, -0.05) is 12.1 Å². The lowest BCUT2D eigenvalue weighted by atomic mass is 10.2. The van der Waals surface area contributed by atoms with Crippen molar-refractivity contribution in [3.05, 3.63) is 71.8 Å². The summed E-state index contributed by atoms with van der Waals surface area (Å²) in [7, 11) is 0. The molecule has 0 saturated heterocycles. The minimum Gasteiger partial charge on any atom is -0.508 e. The highest BCUT2D eigenvalue weighted by molar-refractivity contribution is 5.94. The molecule has 0 aliphatic heterocycles. The number of phenols is 4. The molecule has 0 radical (unpaired) electrons. The van der Waals surface area contributed by atoms with Gasteiger partial charge in [0.1, 0.15) is 23.0 Å². The van der Waals surface area contributed by atoms with Crippen molar-refractivity contribution in [3.63, 3.8) is 0 Å². The molecule has 0 atom stereocenters. The molecule has 3 aromatic rings. The molecule has 142 valence electrons. The molecule has 0 aliphatic rings. The number of carbonyl (C=O) groups is 2. The maximum Gasteiger partial charge on any atom is 0.343 e. The van der Waals surface area contributed by atoms with E-state index in [0.717, 1.165) is 36.4 Å². The van der Waals surface area contributed by atoms with Gasteiger partial charge in [-0.05, 0) is 36.4 Å². The smallest absolute Gasteiger partial charge is 0.343 e. The Morgan fingerprint density at radius 3 is 1.21 bits per heavy atom. The summed E-state index contributed by atoms with van der Waals surface area (Å²) >= 11 is 0. The van der Waals surface area contributed by atoms with Crippen LogP contribution in [0, 0.1) is 0 Å². The van der Waals surface area contributed by atoms with Crippen LogP contribution in [0.4, 0.5) is 0 Å². The molecule has 0 heterocycles. The van der Waals surface area contributed by atoms with Crippen LogP contribution in [0.2, 0.25) is 0 Å². The van der Waals surface area contributed by atoms with Gasteiger partial charge in [-0.15, -0.1) is 0 Å². The topological polar surface area (TPSA) is 134 Å². The van der Waals surface area contributed by atoms with E-state index in [2.05, 4.69) is 0 Å². The van der Waals surface area contributed by atoms with Crippen LogP contribution in [0.5, 0.6) is 34.5 Å². The zero-order chi connectivity index (χ0) is 20.3. The lowest BCUT2D eigenvalue weighted by molar-refractivity contribution is 0.0682. The maximum absolute atomic E-state index is 12.3. The van der Waals surface area contributed by atoms with E-state index in [-0.39, 0.29) is 45.6 Å². The van der Waals surface area contributed by atoms with Crippen LogP contribution in [-0.2, 0) is 0 Å². The number of carbonyl (C=O) groups excluding carboxylic acids is 2. The van der Waals surface area contributed by atoms with Crippen LogP contribution in [0.3, 0.4) is 0 Å². The van der Waals surface area contributed by atoms with E-state index < -0.39 is 11.9 Å². The van der Waals surface area contributed by atoms with Crippen LogP contribution < -0.4 is 9.47 Å². The Morgan fingerprint density at radius 2 is 0.893 bits per heavy atom. The van der Waals surface area contributed by atoms with Gasteiger partial charge in [-0.3, -0.25) is 0 Å². The van der Waals surface area contributed by atoms with E-state index in [9.17, 15) is 30.0 Å². The number of ether oxygens (including phenoxy) is 2. The second-order valence-corrected chi connectivity index (χ2v) is 5.70. The molecule has 0 bridgehead atoms. The van der Waals surface area contributed by atoms with Crippen molar-refractivity contribution in [2.45, 2.75) is 0 Å². The summed E-state index contributed by atoms with van der Waals surface area (Å²) in [6, 6.07) is 12.4. The average molecular weight is 382 g/mol. The second-order valence-electron chi connectivity index (χ2n) is 5.70. The first-order valence-electron chi connectivity index (χ1n) is 7.91. The van der Waals surface area contributed by atoms with Crippen molar-refractivity contribution < 1.29 is 39.5 Å². The Kier molecular flexibility index (Phi) is 5.03. The molecule has 3 aromatic carbocycles. The third kappa shape index (κ3) is 4.31. The van der Waals surface area contributed by atoms with Crippen molar-refractivity contribution in [2.75, 3.05) is 0 Å². The summed E-state index contributed by atoms with van der Waals surface area (Å²) in [6.07, 6.45) is 0. The van der Waals surface area contributed by atoms with Gasteiger partial charge in [0, 0.05) is 12.1 Å². The van der Waals surface area contributed by atoms with Crippen molar-refractivity contribution >= 4 is 11.9 Å². The standard InChI is InChI=1S/C20H14O8/c21-13-5-11(6-14(22)9-13)19(25)27-17-3-1-2-4-18(17)28-20(26)12-7-15(23)10-16(24)8-12/h1-10,21-24H. The second kappa shape index (κ2) is 7.58. The van der Waals surface area contributed by atoms with E-state index in [1.165, 1.54) is 12.1 Å². The molecule has 8 nitrogen and oxygen atoms in total. The number of aromatic hydroxyl groups is 4. The van der Waals surface area contributed by atoms with Gasteiger partial charge in [0.05, 0.1) is 11.1 Å². The number of rotatable bonds is 4. The summed E-state index contributed by atoms with van der Waals surface area (Å²) in [5.74, 6) is -3.27. The Balaban J connectivity index is 1.83. The zero-order valence-electron chi connectivity index (χ0n) is 14.2. The number of phenolic OH excluding ortho intramolecular Hbond substituents is 4. The fraction of sp³-hybridized carbons (Fsp3) is 0. The number of benzene rings is 3. The molecule has 28 heavy (non-hydrogen) atoms. The third-order valence-electron chi connectivity index (χ3n) is 3.53. The van der Waals surface area contributed by atoms with Gasteiger partial charge in [0.25, 0.3) is 0 Å². The van der Waals surface area contributed by atoms with Crippen LogP contribution in [0.15, 0.2) is 60.7 Å². The van der Waals surface area contributed by atoms with Crippen LogP contribution in [0.25, 0.3) is 0 Å². The van der Waals surface area contributed by atoms with Crippen molar-refractivity contribution in [1.29, 1.82) is 0 Å². The van der Waals surface area contributed by atoms with Crippen LogP contribution >= 0.6 is 0 Å². The largest absolute Gasteiger partial charge is 0.508 e. The Labute approximate surface area is 158 Å². The molecule has 0 spiro atoms. The highest BCUT2D eigenvalue weighted by atomic mass is 16.6. The number of para-hydroxylation sites is 2. The quantitative estimate of drug-likeness (QED) is 0.400. The summed E-state index contributed by atoms with van der Waals surface area (Å²) in [6.45, 7) is 0. The fourth-order valence-electron chi connectivity index (χ4n) is 2.36. The van der Waals surface area contributed by atoms with Gasteiger partial charge in [-0.25, -0.2) is 9.59 Å². The van der Waals surface area contributed by atoms with E-state index in [1.807, 2.05) is 0 Å². The molecular formula is C20H14O8. The summed E-state index contributed by atoms with van der Waals surface area (Å²) in [4.78, 5) is 24.5. The SMILES string of the molecule is O=C(Oc1ccccc1OC(=O)c1cc(O)cc(O)c1)c1cc(O)cc(O)c1. The van der Waals surface area contributed by atoms with E-state index in [4.69, 9.17) is 9.47 Å². The fourth-order valence-corrected chi connectivity index (χ4v) is 2.36. The molecule has 0 fully saturated rings. The predicted molar refractivity (Wildman–Crippen MR) is 95.9 cm³/mol. The van der Waals surface area contributed by atoms with E-state index in [1.54, 1.807) is 12.1 Å². The van der Waals surface area contributed by atoms with Crippen molar-refractivity contribution in [2.24, 2.45) is 0 Å². The summed E-state index contributed by atoms with van der Waals surface area (Å²) in [5, 5.41) is 37.9. The maximum atomic E-state index is 12.3. The lowest BCUT2D eigenvalue weighted by Gasteiger charge is -2.11. The first-order valence-corrected chi connectivity index (χ1v) is 7.91. The number of esters is 2. The van der Waals surface area contributed by atoms with Gasteiger partial charge >= 0.3 is 11.9 Å². The summed E-state index contributed by atoms with van der Waals surface area (Å²) < 4.78 is 10.4. The Bertz CT molecular complexity index is 933. The van der Waals surface area contributed by atoms with Gasteiger partial charge in [0.2, 0.25) is 0 Å². The minimum absolute atomic E-state index is 0.0898. The Hall–Kier alpha value is -4.20. The monoisotopic (exact) mass is 382 g/mol. The number of hydrogen-bond acceptors (Lipinski definition) is 8. The molecular weight excluding hydrogens is 368 g/mol. The molecule has 3 rings (SSSR count). The van der Waals surface area contributed by atoms with E-state index >= 15 is 0 Å². The molecule has 0 aromatic heterocycles. The van der Waals surface area contributed by atoms with Gasteiger partial charge < -0.3 is 29.9 Å². The first kappa shape index (κ1) is 18.6. The number of hydrogen-bond donors (Lipinski definition) is 4. The normalized spacial score (nSPS) is 10.3. The molecule has 4 N–H and O–H groups in total. The van der Waals surface area contributed by atoms with E-state index in [0.29, 0.717) is 0 Å². The molecule has 0 unspecified atom stereocenters.